The van der Waals surface area contributed by atoms with Gasteiger partial charge in [-0.15, -0.1) is 0 Å². The summed E-state index contributed by atoms with van der Waals surface area (Å²) >= 11 is 0. The molecule has 0 spiro atoms. The van der Waals surface area contributed by atoms with Crippen molar-refractivity contribution in [3.8, 4) is 11.3 Å². The lowest BCUT2D eigenvalue weighted by Crippen LogP contribution is -2.22. The maximum absolute atomic E-state index is 13.1. The Kier molecular flexibility index (Phi) is 4.04. The molecule has 0 atom stereocenters. The van der Waals surface area contributed by atoms with Crippen LogP contribution in [0.25, 0.3) is 17.0 Å². The highest BCUT2D eigenvalue weighted by Crippen LogP contribution is 2.24. The molecule has 0 saturated heterocycles. The number of anilines is 1. The molecular formula is C17H15F2N7. The number of hydrogen-bond donors (Lipinski definition) is 0. The highest BCUT2D eigenvalue weighted by Gasteiger charge is 2.17. The first kappa shape index (κ1) is 16.1. The molecule has 9 heteroatoms. The predicted molar refractivity (Wildman–Crippen MR) is 91.8 cm³/mol. The molecule has 4 rings (SSSR count). The number of hydrogen-bond acceptors (Lipinski definition) is 5. The van der Waals surface area contributed by atoms with Gasteiger partial charge in [0.05, 0.1) is 12.2 Å². The third-order valence-electron chi connectivity index (χ3n) is 4.03. The van der Waals surface area contributed by atoms with Gasteiger partial charge in [0.2, 0.25) is 0 Å². The zero-order valence-corrected chi connectivity index (χ0v) is 13.9. The Morgan fingerprint density at radius 2 is 1.96 bits per heavy atom. The Balaban J connectivity index is 1.75. The summed E-state index contributed by atoms with van der Waals surface area (Å²) in [5.74, 6) is 1.37. The van der Waals surface area contributed by atoms with Crippen LogP contribution >= 0.6 is 0 Å². The van der Waals surface area contributed by atoms with Crippen LogP contribution in [0.1, 0.15) is 12.4 Å². The average molecular weight is 355 g/mol. The van der Waals surface area contributed by atoms with Gasteiger partial charge in [0.25, 0.3) is 5.78 Å². The van der Waals surface area contributed by atoms with Crippen LogP contribution in [-0.2, 0) is 6.54 Å². The smallest absolute Gasteiger partial charge is 0.319 e. The summed E-state index contributed by atoms with van der Waals surface area (Å²) in [6, 6.07) is 11.5. The molecule has 0 saturated carbocycles. The van der Waals surface area contributed by atoms with Crippen LogP contribution in [0.2, 0.25) is 0 Å². The van der Waals surface area contributed by atoms with Crippen LogP contribution in [-0.4, -0.2) is 36.2 Å². The number of halogens is 2. The SMILES string of the molecule is CN(Cc1nccn1C(F)F)c1cc(-c2ccccc2)nc2ncnn12. The van der Waals surface area contributed by atoms with E-state index in [2.05, 4.69) is 20.1 Å². The molecule has 0 aliphatic heterocycles. The van der Waals surface area contributed by atoms with E-state index in [0.29, 0.717) is 11.6 Å². The molecular weight excluding hydrogens is 340 g/mol. The molecule has 0 bridgehead atoms. The van der Waals surface area contributed by atoms with Crippen molar-refractivity contribution in [3.05, 3.63) is 60.9 Å². The number of alkyl halides is 2. The van der Waals surface area contributed by atoms with Crippen LogP contribution in [0.3, 0.4) is 0 Å². The van der Waals surface area contributed by atoms with Gasteiger partial charge in [-0.05, 0) is 0 Å². The second-order valence-corrected chi connectivity index (χ2v) is 5.72. The van der Waals surface area contributed by atoms with E-state index in [0.717, 1.165) is 15.8 Å². The fourth-order valence-electron chi connectivity index (χ4n) is 2.76. The lowest BCUT2D eigenvalue weighted by Gasteiger charge is -2.20. The molecule has 0 aliphatic rings. The van der Waals surface area contributed by atoms with E-state index in [4.69, 9.17) is 0 Å². The van der Waals surface area contributed by atoms with Crippen molar-refractivity contribution in [2.75, 3.05) is 11.9 Å². The van der Waals surface area contributed by atoms with Gasteiger partial charge in [0.1, 0.15) is 18.0 Å². The topological polar surface area (TPSA) is 64.1 Å². The summed E-state index contributed by atoms with van der Waals surface area (Å²) in [7, 11) is 1.79. The molecule has 1 aromatic carbocycles. The van der Waals surface area contributed by atoms with Crippen LogP contribution in [0.15, 0.2) is 55.1 Å². The molecule has 0 fully saturated rings. The molecule has 7 nitrogen and oxygen atoms in total. The summed E-state index contributed by atoms with van der Waals surface area (Å²) in [5, 5.41) is 4.19. The van der Waals surface area contributed by atoms with Gasteiger partial charge in [-0.2, -0.15) is 23.4 Å². The number of benzene rings is 1. The number of aromatic nitrogens is 6. The van der Waals surface area contributed by atoms with Gasteiger partial charge in [-0.1, -0.05) is 30.3 Å². The first-order chi connectivity index (χ1) is 12.6. The van der Waals surface area contributed by atoms with Gasteiger partial charge in [0.15, 0.2) is 0 Å². The van der Waals surface area contributed by atoms with E-state index >= 15 is 0 Å². The molecule has 0 N–H and O–H groups in total. The maximum Gasteiger partial charge on any atom is 0.319 e. The van der Waals surface area contributed by atoms with Crippen molar-refractivity contribution >= 4 is 11.6 Å². The molecule has 4 aromatic rings. The molecule has 0 unspecified atom stereocenters. The number of rotatable bonds is 5. The minimum absolute atomic E-state index is 0.185. The van der Waals surface area contributed by atoms with Gasteiger partial charge in [-0.25, -0.2) is 9.97 Å². The molecule has 0 amide bonds. The van der Waals surface area contributed by atoms with Gasteiger partial charge >= 0.3 is 6.55 Å². The van der Waals surface area contributed by atoms with Crippen LogP contribution < -0.4 is 4.90 Å². The second-order valence-electron chi connectivity index (χ2n) is 5.72. The molecule has 0 aliphatic carbocycles. The Hall–Kier alpha value is -3.36. The highest BCUT2D eigenvalue weighted by atomic mass is 19.3. The second kappa shape index (κ2) is 6.51. The lowest BCUT2D eigenvalue weighted by atomic mass is 10.1. The van der Waals surface area contributed by atoms with Crippen molar-refractivity contribution in [3.63, 3.8) is 0 Å². The summed E-state index contributed by atoms with van der Waals surface area (Å²) in [4.78, 5) is 14.5. The number of nitrogens with zero attached hydrogens (tertiary/aromatic N) is 7. The quantitative estimate of drug-likeness (QED) is 0.551. The van der Waals surface area contributed by atoms with Gasteiger partial charge in [-0.3, -0.25) is 4.57 Å². The summed E-state index contributed by atoms with van der Waals surface area (Å²) in [6.45, 7) is -2.45. The molecule has 3 heterocycles. The molecule has 3 aromatic heterocycles. The van der Waals surface area contributed by atoms with Crippen molar-refractivity contribution in [2.24, 2.45) is 0 Å². The Morgan fingerprint density at radius 1 is 1.15 bits per heavy atom. The van der Waals surface area contributed by atoms with E-state index in [9.17, 15) is 8.78 Å². The zero-order valence-electron chi connectivity index (χ0n) is 13.9. The van der Waals surface area contributed by atoms with E-state index in [1.54, 1.807) is 16.5 Å². The fraction of sp³-hybridized carbons (Fsp3) is 0.176. The molecule has 0 radical (unpaired) electrons. The largest absolute Gasteiger partial charge is 0.352 e. The van der Waals surface area contributed by atoms with E-state index in [-0.39, 0.29) is 12.4 Å². The molecule has 132 valence electrons. The van der Waals surface area contributed by atoms with Crippen molar-refractivity contribution in [2.45, 2.75) is 13.1 Å². The van der Waals surface area contributed by atoms with E-state index < -0.39 is 6.55 Å². The van der Waals surface area contributed by atoms with Crippen LogP contribution in [0.4, 0.5) is 14.6 Å². The Morgan fingerprint density at radius 3 is 2.73 bits per heavy atom. The van der Waals surface area contributed by atoms with Crippen LogP contribution in [0.5, 0.6) is 0 Å². The highest BCUT2D eigenvalue weighted by molar-refractivity contribution is 5.65. The Labute approximate surface area is 147 Å². The minimum Gasteiger partial charge on any atom is -0.352 e. The van der Waals surface area contributed by atoms with E-state index in [1.165, 1.54) is 18.7 Å². The standard InChI is InChI=1S/C17H15F2N7/c1-24(10-14-20-7-8-25(14)16(18)19)15-9-13(12-5-3-2-4-6-12)23-17-21-11-22-26(15)17/h2-9,11,16H,10H2,1H3. The summed E-state index contributed by atoms with van der Waals surface area (Å²) < 4.78 is 28.6. The number of imidazole rings is 1. The first-order valence-electron chi connectivity index (χ1n) is 7.90. The zero-order chi connectivity index (χ0) is 18.1. The van der Waals surface area contributed by atoms with Crippen molar-refractivity contribution < 1.29 is 8.78 Å². The van der Waals surface area contributed by atoms with Gasteiger partial charge < -0.3 is 4.90 Å². The Bertz CT molecular complexity index is 1030. The van der Waals surface area contributed by atoms with Gasteiger partial charge in [0, 0.05) is 31.1 Å². The van der Waals surface area contributed by atoms with E-state index in [1.807, 2.05) is 36.4 Å². The number of fused-ring (bicyclic) bond motifs is 1. The third-order valence-corrected chi connectivity index (χ3v) is 4.03. The first-order valence-corrected chi connectivity index (χ1v) is 7.90. The monoisotopic (exact) mass is 355 g/mol. The predicted octanol–water partition coefficient (Wildman–Crippen LogP) is 3.02. The average Bonchev–Trinajstić information content (AvgIpc) is 3.30. The fourth-order valence-corrected chi connectivity index (χ4v) is 2.76. The summed E-state index contributed by atoms with van der Waals surface area (Å²) in [5.41, 5.74) is 1.66. The normalized spacial score (nSPS) is 11.4. The van der Waals surface area contributed by atoms with Crippen molar-refractivity contribution in [1.82, 2.24) is 29.1 Å². The minimum atomic E-state index is -2.63. The third kappa shape index (κ3) is 2.87. The van der Waals surface area contributed by atoms with Crippen LogP contribution in [0, 0.1) is 0 Å². The van der Waals surface area contributed by atoms with Crippen molar-refractivity contribution in [1.29, 1.82) is 0 Å². The maximum atomic E-state index is 13.1. The lowest BCUT2D eigenvalue weighted by molar-refractivity contribution is 0.0670. The summed E-state index contributed by atoms with van der Waals surface area (Å²) in [6.07, 6.45) is 4.04. The molecule has 26 heavy (non-hydrogen) atoms.